The number of carboxylic acids is 4. The summed E-state index contributed by atoms with van der Waals surface area (Å²) >= 11 is 8.14. The van der Waals surface area contributed by atoms with Gasteiger partial charge in [0.2, 0.25) is 0 Å². The van der Waals surface area contributed by atoms with Gasteiger partial charge in [0.1, 0.15) is 146 Å². The van der Waals surface area contributed by atoms with E-state index in [1.54, 1.807) is 0 Å². The Kier molecular flexibility index (Phi) is 85.4. The molecule has 0 spiro atoms. The number of carbonyl (C=O) groups is 4. The third kappa shape index (κ3) is 45.5. The number of aliphatic hydroxyl groups is 16. The Labute approximate surface area is 992 Å². The predicted molar refractivity (Wildman–Crippen MR) is 423 cm³/mol. The molecule has 16 bridgehead atoms. The minimum atomic E-state index is -2.28. The molecule has 0 radical (unpaired) electrons. The van der Waals surface area contributed by atoms with E-state index in [1.165, 1.54) is 11.8 Å². The number of aliphatic carboxylic acids is 4. The van der Waals surface area contributed by atoms with Gasteiger partial charge >= 0.3 is 261 Å². The van der Waals surface area contributed by atoms with Crippen molar-refractivity contribution in [1.82, 2.24) is 0 Å². The Bertz CT molecular complexity index is 3360. The van der Waals surface area contributed by atoms with Crippen molar-refractivity contribution in [3.63, 3.8) is 0 Å². The van der Waals surface area contributed by atoms with Gasteiger partial charge in [0.15, 0.2) is 50.3 Å². The van der Waals surface area contributed by atoms with E-state index >= 15 is 0 Å². The van der Waals surface area contributed by atoms with Gasteiger partial charge in [-0.2, -0.15) is 132 Å². The molecule has 19 heterocycles. The van der Waals surface area contributed by atoms with Crippen molar-refractivity contribution in [2.75, 3.05) is 92.0 Å². The summed E-state index contributed by atoms with van der Waals surface area (Å²) < 4.78 is 100. The fraction of sp³-hybridized carbons (Fsp3) is 0.833. The number of carbonyl (C=O) groups excluding carboxylic acids is 12. The van der Waals surface area contributed by atoms with E-state index in [-0.39, 0.29) is 353 Å². The quantitative estimate of drug-likeness (QED) is 0.0169. The molecule has 136 heavy (non-hydrogen) atoms. The molecule has 16 unspecified atom stereocenters. The van der Waals surface area contributed by atoms with Crippen LogP contribution in [-0.2, 0) is 133 Å². The molecule has 19 aliphatic rings. The second-order valence-electron chi connectivity index (χ2n) is 28.4. The van der Waals surface area contributed by atoms with Gasteiger partial charge in [0.25, 0.3) is 0 Å². The standard InChI is InChI=1S/C68H108O40S8.4CO2.8Na/c1-5-109-17-25-37(77)60-52(92)68(93-25)107-55-28(20-112-8-4)95-61(46(86)39(55)79)101-53-26(18-110-6-2)94-62(45(85)38(53)78)103-56-29(21-113-13-9-33(69)70)98-64(48(88)41(56)81)105-58-31(23-115-15-11-35(73)74)100-66(50(90)43(58)83)106-59-32(24-116-16-12-36(75)76)99-65(49(89)42(59)82)104-57-30(22-114-14-10-34(71)72)97-63(47(87)40(57)80)102-54-27(19-111-7-3)96-67(108-60)51(91)44(54)84;4*2-1-3;;;;;;;;/h25-32,37-68,77-92H,1-24H2,(H,69,70)(H,71,72)(H,73,74)(H,75,76);;;;;;;;;;;;/q-4;;;;;8*+1/p-4/t25?,26?,27?,28?,29?,30?,31?,32?,37-,38-,39-,40?,41-,42-,43-,44-,45?,46?,47+,48?,49?,50?,51?,52?,53-,54-,55-,56-,57-,58-,59-,60+,61-,62-,63-,64-,65-,66-,67-,68+;;;;;;;;;;;;/m1............/s1. The fourth-order valence-electron chi connectivity index (χ4n) is 14.0. The molecule has 19 rings (SSSR count). The largest absolute Gasteiger partial charge is 1.00 e. The topological polar surface area (TPSA) is 768 Å². The van der Waals surface area contributed by atoms with Gasteiger partial charge in [0, 0.05) is 69.9 Å². The molecule has 19 saturated heterocycles. The first-order valence-electron chi connectivity index (χ1n) is 38.9. The van der Waals surface area contributed by atoms with Crippen LogP contribution in [0, 0.1) is 27.7 Å². The Balaban J connectivity index is -0.00000413. The molecule has 0 aromatic heterocycles. The average Bonchev–Trinajstić information content (AvgIpc) is 0.774. The Morgan fingerprint density at radius 2 is 0.338 bits per heavy atom. The first-order valence-corrected chi connectivity index (χ1v) is 48.1. The molecule has 40 atom stereocenters. The monoisotopic (exact) mass is 2180 g/mol. The maximum Gasteiger partial charge on any atom is 1.00 e. The van der Waals surface area contributed by atoms with Gasteiger partial charge in [-0.3, -0.25) is 0 Å². The van der Waals surface area contributed by atoms with Crippen molar-refractivity contribution in [3.8, 4) is 0 Å². The number of fused-ring (bicyclic) bond motifs is 1. The number of carboxylic acid groups (broad SMARTS) is 4. The third-order valence-electron chi connectivity index (χ3n) is 20.1. The van der Waals surface area contributed by atoms with Crippen LogP contribution in [0.25, 0.3) is 0 Å². The van der Waals surface area contributed by atoms with Gasteiger partial charge in [-0.25, -0.2) is 0 Å². The van der Waals surface area contributed by atoms with Gasteiger partial charge < -0.3 is 225 Å². The van der Waals surface area contributed by atoms with Crippen LogP contribution >= 0.6 is 94.1 Å². The Morgan fingerprint density at radius 1 is 0.206 bits per heavy atom. The summed E-state index contributed by atoms with van der Waals surface area (Å²) in [6.45, 7) is 15.4. The van der Waals surface area contributed by atoms with Crippen molar-refractivity contribution in [2.24, 2.45) is 0 Å². The summed E-state index contributed by atoms with van der Waals surface area (Å²) in [4.78, 5) is 111. The maximum atomic E-state index is 12.3. The van der Waals surface area contributed by atoms with Crippen LogP contribution in [0.15, 0.2) is 0 Å². The second-order valence-corrected chi connectivity index (χ2v) is 37.6. The molecule has 16 N–H and O–H groups in total. The van der Waals surface area contributed by atoms with E-state index in [0.717, 1.165) is 82.3 Å². The molecular weight excluding hydrogens is 2070 g/mol. The van der Waals surface area contributed by atoms with Crippen molar-refractivity contribution in [2.45, 2.75) is 271 Å². The summed E-state index contributed by atoms with van der Waals surface area (Å²) in [6.07, 6.45) is -77.7. The molecule has 48 nitrogen and oxygen atoms in total. The van der Waals surface area contributed by atoms with Gasteiger partial charge in [-0.1, -0.05) is 0 Å². The molecule has 0 aliphatic carbocycles. The van der Waals surface area contributed by atoms with Crippen LogP contribution in [0.5, 0.6) is 0 Å². The molecule has 19 aliphatic heterocycles. The van der Waals surface area contributed by atoms with Crippen molar-refractivity contribution < 1.29 is 472 Å². The first-order chi connectivity index (χ1) is 61.0. The molecule has 736 valence electrons. The summed E-state index contributed by atoms with van der Waals surface area (Å²) in [5.41, 5.74) is 0. The third-order valence-corrected chi connectivity index (χ3v) is 27.7. The van der Waals surface area contributed by atoms with Crippen LogP contribution in [-0.4, -0.2) is 468 Å². The second kappa shape index (κ2) is 79.0. The van der Waals surface area contributed by atoms with Crippen LogP contribution < -0.4 is 257 Å². The smallest absolute Gasteiger partial charge is 0.550 e. The van der Waals surface area contributed by atoms with E-state index < -0.39 is 295 Å². The maximum absolute atomic E-state index is 12.3. The van der Waals surface area contributed by atoms with Crippen LogP contribution in [0.2, 0.25) is 0 Å². The molecule has 0 aromatic rings. The van der Waals surface area contributed by atoms with E-state index in [4.69, 9.17) is 114 Å². The van der Waals surface area contributed by atoms with Gasteiger partial charge in [-0.05, 0) is 48.7 Å². The first kappa shape index (κ1) is 147. The zero-order valence-corrected chi connectivity index (χ0v) is 98.1. The van der Waals surface area contributed by atoms with Crippen LogP contribution in [0.1, 0.15) is 25.7 Å². The summed E-state index contributed by atoms with van der Waals surface area (Å²) in [7, 11) is 0. The van der Waals surface area contributed by atoms with Crippen LogP contribution in [0.4, 0.5) is 0 Å². The van der Waals surface area contributed by atoms with Gasteiger partial charge in [0.05, 0.1) is 48.8 Å². The van der Waals surface area contributed by atoms with Crippen molar-refractivity contribution in [1.29, 1.82) is 0 Å². The summed E-state index contributed by atoms with van der Waals surface area (Å²) in [5, 5.41) is 240. The number of aliphatic hydroxyl groups excluding tert-OH is 16. The number of rotatable bonds is 32. The zero-order chi connectivity index (χ0) is 95.3. The molecule has 64 heteroatoms. The SMILES string of the molecule is O=C=O.O=C=O.O=C=O.O=C=O.[CH2-]CSCC1O[C@H]2O[C@@H]3C(CSC[CH2-])O[C@H](O[C@@H]4C(CSC[CH2-])O[C@H](O[C@@H]5C(CSCCC(=O)[O-])O[C@H](O[C@@H]6C(CSCCC(=O)[O-])O[C@H](O[C@@H]7C(CSCCC(=O)[O-])O[C@H](O[C@@H]8C(CSCCC(=O)[O-])O[C@H](O[C@@H]9C(CSC[CH2-])O[C@H](O[C@H](C2O)[C@@H]1O)C(O)[C@H]9O)[C@@H](O)C8O)C(O)[C@H]7O)C(O)[C@H]6O)C(O)[C@H]5O)C(O)[C@H]4O)C(O)[C@H]3O.[Na+].[Na+].[Na+].[Na+].[Na+].[Na+].[Na+].[Na+]. The molecule has 19 fully saturated rings. The van der Waals surface area contributed by atoms with Crippen molar-refractivity contribution in [3.05, 3.63) is 27.7 Å². The van der Waals surface area contributed by atoms with Crippen LogP contribution in [0.3, 0.4) is 0 Å². The Morgan fingerprint density at radius 3 is 0.493 bits per heavy atom. The Hall–Kier alpha value is 4.92. The fourth-order valence-corrected chi connectivity index (χ4v) is 20.6. The molecular formula is C72H104Na8O48S8. The van der Waals surface area contributed by atoms with E-state index in [1.807, 2.05) is 0 Å². The normalized spacial score (nSPS) is 38.4. The molecule has 0 saturated carbocycles. The predicted octanol–water partition coefficient (Wildman–Crippen LogP) is -37.9. The summed E-state index contributed by atoms with van der Waals surface area (Å²) in [5.74, 6) is -7.57. The number of ether oxygens (including phenoxy) is 16. The van der Waals surface area contributed by atoms with Gasteiger partial charge in [-0.15, -0.1) is 23.0 Å². The molecule has 0 aromatic carbocycles. The minimum Gasteiger partial charge on any atom is -0.550 e. The zero-order valence-electron chi connectivity index (χ0n) is 75.5. The van der Waals surface area contributed by atoms with E-state index in [9.17, 15) is 121 Å². The molecule has 0 amide bonds. The number of hydrogen-bond donors (Lipinski definition) is 16. The number of thioether (sulfide) groups is 8. The number of hydrogen-bond acceptors (Lipinski definition) is 56. The van der Waals surface area contributed by atoms with E-state index in [2.05, 4.69) is 27.7 Å². The average molecular weight is 2180 g/mol. The van der Waals surface area contributed by atoms with Crippen molar-refractivity contribution >= 4 is 143 Å². The van der Waals surface area contributed by atoms with E-state index in [0.29, 0.717) is 0 Å². The summed E-state index contributed by atoms with van der Waals surface area (Å²) in [6, 6.07) is 0. The minimum absolute atomic E-state index is 0.